The topological polar surface area (TPSA) is 261 Å². The van der Waals surface area contributed by atoms with Gasteiger partial charge in [-0.15, -0.1) is 0 Å². The Hall–Kier alpha value is -3.73. The van der Waals surface area contributed by atoms with Crippen LogP contribution < -0.4 is 20.9 Å². The van der Waals surface area contributed by atoms with Crippen molar-refractivity contribution in [1.82, 2.24) is 0 Å². The average molecular weight is 1180 g/mol. The first-order valence-electron chi connectivity index (χ1n) is 29.6. The third-order valence-corrected chi connectivity index (χ3v) is 24.1. The minimum absolute atomic E-state index is 0.0392. The highest BCUT2D eigenvalue weighted by Gasteiger charge is 2.44. The molecule has 1 aromatic carbocycles. The first-order valence-corrected chi connectivity index (χ1v) is 32.9. The zero-order chi connectivity index (χ0) is 56.6. The molecule has 9 rings (SSSR count). The maximum atomic E-state index is 14.5. The molecule has 20 heteroatoms. The van der Waals surface area contributed by atoms with Crippen LogP contribution in [0.5, 0.6) is 11.5 Å². The molecule has 2 aliphatic heterocycles. The number of thioether (sulfide) groups is 4. The van der Waals surface area contributed by atoms with Crippen molar-refractivity contribution in [2.45, 2.75) is 224 Å². The summed E-state index contributed by atoms with van der Waals surface area (Å²) in [5, 5.41) is 31.3. The number of benzene rings is 1. The third-order valence-electron chi connectivity index (χ3n) is 18.9. The number of hydrogen-bond acceptors (Lipinski definition) is 20. The van der Waals surface area contributed by atoms with Crippen molar-refractivity contribution in [2.75, 3.05) is 14.2 Å². The van der Waals surface area contributed by atoms with Gasteiger partial charge in [-0.2, -0.15) is 10.5 Å². The van der Waals surface area contributed by atoms with Crippen LogP contribution in [0.15, 0.2) is 39.2 Å². The molecule has 16 nitrogen and oxygen atoms in total. The highest BCUT2D eigenvalue weighted by molar-refractivity contribution is 8.26. The summed E-state index contributed by atoms with van der Waals surface area (Å²) in [6.45, 7) is 2.16. The van der Waals surface area contributed by atoms with Gasteiger partial charge in [-0.3, -0.25) is 19.2 Å². The maximum absolute atomic E-state index is 14.5. The molecule has 1 aromatic rings. The van der Waals surface area contributed by atoms with Gasteiger partial charge >= 0.3 is 29.8 Å². The van der Waals surface area contributed by atoms with E-state index >= 15 is 0 Å². The van der Waals surface area contributed by atoms with Crippen molar-refractivity contribution in [2.24, 2.45) is 64.7 Å². The van der Waals surface area contributed by atoms with Crippen LogP contribution in [0.25, 0.3) is 0 Å². The molecular weight excluding hydrogens is 1100 g/mol. The van der Waals surface area contributed by atoms with E-state index in [4.69, 9.17) is 39.9 Å². The number of hydrogen-bond donors (Lipinski definition) is 3. The monoisotopic (exact) mass is 1180 g/mol. The number of fused-ring (bicyclic) bond motifs is 2. The molecule has 6 saturated carbocycles. The van der Waals surface area contributed by atoms with E-state index in [-0.39, 0.29) is 74.9 Å². The van der Waals surface area contributed by atoms with Gasteiger partial charge in [-0.25, -0.2) is 4.79 Å². The molecule has 0 saturated heterocycles. The van der Waals surface area contributed by atoms with Crippen molar-refractivity contribution in [3.8, 4) is 23.6 Å². The Morgan fingerprint density at radius 1 is 0.550 bits per heavy atom. The van der Waals surface area contributed by atoms with Crippen LogP contribution in [0.3, 0.4) is 0 Å². The molecule has 5 N–H and O–H groups in total. The molecular formula is C60H80N4O12S4. The van der Waals surface area contributed by atoms with E-state index in [1.54, 1.807) is 0 Å². The predicted octanol–water partition coefficient (Wildman–Crippen LogP) is 11.8. The van der Waals surface area contributed by atoms with Crippen molar-refractivity contribution in [3.05, 3.63) is 19.6 Å². The lowest BCUT2D eigenvalue weighted by Crippen LogP contribution is -2.36. The lowest BCUT2D eigenvalue weighted by molar-refractivity contribution is -0.158. The van der Waals surface area contributed by atoms with Crippen LogP contribution in [-0.2, 0) is 42.9 Å². The number of aliphatic hydroxyl groups is 1. The van der Waals surface area contributed by atoms with Crippen molar-refractivity contribution in [3.63, 3.8) is 0 Å². The molecule has 8 aliphatic rings. The molecule has 80 heavy (non-hydrogen) atoms. The van der Waals surface area contributed by atoms with E-state index in [1.165, 1.54) is 14.2 Å². The van der Waals surface area contributed by atoms with E-state index in [1.807, 2.05) is 6.07 Å². The Labute approximate surface area is 488 Å². The summed E-state index contributed by atoms with van der Waals surface area (Å²) >= 11 is 4.33. The minimum atomic E-state index is -1.56. The number of nitrogens with zero attached hydrogens (tertiary/aromatic N) is 2. The quantitative estimate of drug-likeness (QED) is 0.0347. The molecule has 0 bridgehead atoms. The molecule has 0 spiro atoms. The fourth-order valence-corrected chi connectivity index (χ4v) is 19.4. The molecule has 2 atom stereocenters. The Bertz CT molecular complexity index is 2590. The summed E-state index contributed by atoms with van der Waals surface area (Å²) in [5.74, 6) is -0.114. The summed E-state index contributed by atoms with van der Waals surface area (Å²) in [7, 11) is 2.47. The highest BCUT2D eigenvalue weighted by atomic mass is 32.2. The van der Waals surface area contributed by atoms with Crippen LogP contribution in [0, 0.1) is 75.9 Å². The molecule has 0 amide bonds. The van der Waals surface area contributed by atoms with E-state index < -0.39 is 36.0 Å². The number of ether oxygens (including phenoxy) is 6. The first-order chi connectivity index (χ1) is 38.7. The van der Waals surface area contributed by atoms with Gasteiger partial charge in [0, 0.05) is 19.2 Å². The molecule has 0 radical (unpaired) electrons. The van der Waals surface area contributed by atoms with Gasteiger partial charge in [0.2, 0.25) is 0 Å². The molecule has 0 aromatic heterocycles. The maximum Gasteiger partial charge on any atom is 0.350 e. The fraction of sp³-hybridized carbons (Fsp3) is 0.717. The van der Waals surface area contributed by atoms with E-state index in [0.717, 1.165) is 188 Å². The zero-order valence-corrected chi connectivity index (χ0v) is 49.9. The molecule has 6 fully saturated rings. The van der Waals surface area contributed by atoms with Crippen LogP contribution in [-0.4, -0.2) is 79.8 Å². The van der Waals surface area contributed by atoms with Crippen LogP contribution >= 0.6 is 47.0 Å². The average Bonchev–Trinajstić information content (AvgIpc) is 4.22. The second-order valence-electron chi connectivity index (χ2n) is 23.7. The number of aliphatic hydroxyl groups excluding tert-OH is 1. The number of esters is 5. The second-order valence-corrected chi connectivity index (χ2v) is 28.3. The normalized spacial score (nSPS) is 32.5. The fourth-order valence-electron chi connectivity index (χ4n) is 14.0. The summed E-state index contributed by atoms with van der Waals surface area (Å²) in [6.07, 6.45) is 20.5. The zero-order valence-electron chi connectivity index (χ0n) is 46.6. The van der Waals surface area contributed by atoms with Crippen LogP contribution in [0.1, 0.15) is 174 Å². The van der Waals surface area contributed by atoms with Crippen LogP contribution in [0.4, 0.5) is 0 Å². The molecule has 6 aliphatic carbocycles. The minimum Gasteiger partial charge on any atom is -0.465 e. The summed E-state index contributed by atoms with van der Waals surface area (Å²) in [5.41, 5.74) is 12.2. The van der Waals surface area contributed by atoms with Gasteiger partial charge in [0.1, 0.15) is 29.9 Å². The Morgan fingerprint density at radius 2 is 0.925 bits per heavy atom. The van der Waals surface area contributed by atoms with Gasteiger partial charge in [0.25, 0.3) is 0 Å². The third kappa shape index (κ3) is 14.3. The van der Waals surface area contributed by atoms with Gasteiger partial charge < -0.3 is 45.0 Å². The largest absolute Gasteiger partial charge is 0.465 e. The van der Waals surface area contributed by atoms with E-state index in [2.05, 4.69) is 13.0 Å². The number of methoxy groups -OCH3 is 2. The van der Waals surface area contributed by atoms with Gasteiger partial charge in [-0.05, 0) is 190 Å². The van der Waals surface area contributed by atoms with Crippen molar-refractivity contribution in [1.29, 1.82) is 10.5 Å². The summed E-state index contributed by atoms with van der Waals surface area (Å²) in [6, 6.07) is 4.43. The summed E-state index contributed by atoms with van der Waals surface area (Å²) < 4.78 is 35.9. The Kier molecular flexibility index (Phi) is 21.5. The smallest absolute Gasteiger partial charge is 0.350 e. The molecule has 2 unspecified atom stereocenters. The standard InChI is InChI=1S/C60H80N4O12S4/c1-4-5-46(64)36-10-16-37(17-11-36)53(65)73-42-26-20-34(21-27-42)32-6-12-38(13-7-32)55(67)75-47-49-51(79-59(77-49)44(30-61)57(69)71-2)48(52-50(47)78-60(80-52)45(31-62)58(70)72-3)76-56(68)39-14-8-33(9-15-39)35-22-28-43(29-23-35)74-54(66)40-18-24-41(63)25-19-40/h32-43,46,57,69H,4-29,63-64H2,1-3H3/b59-44+,60-45-. The summed E-state index contributed by atoms with van der Waals surface area (Å²) in [4.78, 5) is 69.8. The second kappa shape index (κ2) is 28.2. The number of rotatable bonds is 16. The lowest BCUT2D eigenvalue weighted by Gasteiger charge is -2.37. The first kappa shape index (κ1) is 60.8. The van der Waals surface area contributed by atoms with E-state index in [9.17, 15) is 39.6 Å². The van der Waals surface area contributed by atoms with Crippen LogP contribution in [0.2, 0.25) is 0 Å². The highest BCUT2D eigenvalue weighted by Crippen LogP contribution is 2.69. The number of carbonyl (C=O) groups excluding carboxylic acids is 5. The number of carbonyl (C=O) groups is 5. The van der Waals surface area contributed by atoms with Crippen molar-refractivity contribution < 1.29 is 57.5 Å². The van der Waals surface area contributed by atoms with Gasteiger partial charge in [0.05, 0.1) is 58.8 Å². The number of nitrogens with two attached hydrogens (primary N) is 2. The molecule has 436 valence electrons. The Morgan fingerprint density at radius 3 is 1.30 bits per heavy atom. The van der Waals surface area contributed by atoms with E-state index in [0.29, 0.717) is 79.1 Å². The van der Waals surface area contributed by atoms with Crippen molar-refractivity contribution >= 4 is 76.9 Å². The predicted molar refractivity (Wildman–Crippen MR) is 304 cm³/mol. The molecule has 2 heterocycles. The SMILES string of the molecule is CCCC(N)C1CCC(C(=O)OC2CCC(C3CCC(C(=O)Oc4c5c(c(OC(=O)C6CCC(C7CCC(OC(=O)C8CCC(N)CC8)CC7)CC6)c6c4S/C(=C(/C#N)C(O)OC)S6)S/C(=C(/C#N)C(=O)OC)S5)CC3)CC2)CC1. The number of nitriles is 2. The Balaban J connectivity index is 0.857. The lowest BCUT2D eigenvalue weighted by atomic mass is 9.70. The van der Waals surface area contributed by atoms with Gasteiger partial charge in [0.15, 0.2) is 23.4 Å². The van der Waals surface area contributed by atoms with Gasteiger partial charge in [-0.1, -0.05) is 60.4 Å².